The fraction of sp³-hybridized carbons (Fsp3) is 0. The van der Waals surface area contributed by atoms with Gasteiger partial charge in [-0.3, -0.25) is 0 Å². The van der Waals surface area contributed by atoms with Crippen LogP contribution in [0.5, 0.6) is 0 Å². The Morgan fingerprint density at radius 3 is 1.75 bits per heavy atom. The second-order valence-electron chi connectivity index (χ2n) is 14.5. The van der Waals surface area contributed by atoms with E-state index in [-0.39, 0.29) is 0 Å². The molecule has 0 saturated carbocycles. The molecule has 0 aliphatic rings. The van der Waals surface area contributed by atoms with Crippen LogP contribution in [0, 0.1) is 0 Å². The average molecular weight is 717 g/mol. The summed E-state index contributed by atoms with van der Waals surface area (Å²) in [4.78, 5) is 2.34. The van der Waals surface area contributed by atoms with Crippen molar-refractivity contribution in [2.45, 2.75) is 0 Å². The van der Waals surface area contributed by atoms with Gasteiger partial charge in [0.15, 0.2) is 0 Å². The van der Waals surface area contributed by atoms with Crippen LogP contribution >= 0.6 is 11.3 Å². The van der Waals surface area contributed by atoms with Crippen LogP contribution in [0.2, 0.25) is 0 Å². The first-order valence-corrected chi connectivity index (χ1v) is 19.7. The largest absolute Gasteiger partial charge is 0.310 e. The molecule has 2 aromatic heterocycles. The Hall–Kier alpha value is -6.94. The Morgan fingerprint density at radius 1 is 0.364 bits per heavy atom. The normalized spacial score (nSPS) is 12.0. The van der Waals surface area contributed by atoms with E-state index in [0.717, 1.165) is 17.1 Å². The van der Waals surface area contributed by atoms with Gasteiger partial charge in [0, 0.05) is 53.7 Å². The molecule has 0 aliphatic heterocycles. The summed E-state index contributed by atoms with van der Waals surface area (Å²) in [6.45, 7) is 0. The first-order chi connectivity index (χ1) is 27.3. The van der Waals surface area contributed by atoms with Gasteiger partial charge in [0.05, 0.1) is 11.0 Å². The minimum atomic E-state index is 1.15. The summed E-state index contributed by atoms with van der Waals surface area (Å²) in [6.07, 6.45) is 0. The van der Waals surface area contributed by atoms with Crippen molar-refractivity contribution >= 4 is 103 Å². The monoisotopic (exact) mass is 716 g/mol. The summed E-state index contributed by atoms with van der Waals surface area (Å²) in [7, 11) is 0. The number of thiophene rings is 1. The van der Waals surface area contributed by atoms with E-state index in [2.05, 4.69) is 204 Å². The molecule has 0 atom stereocenters. The predicted molar refractivity (Wildman–Crippen MR) is 237 cm³/mol. The van der Waals surface area contributed by atoms with Crippen molar-refractivity contribution in [1.29, 1.82) is 0 Å². The number of para-hydroxylation sites is 4. The second kappa shape index (κ2) is 11.8. The van der Waals surface area contributed by atoms with Crippen molar-refractivity contribution in [2.24, 2.45) is 0 Å². The van der Waals surface area contributed by atoms with Crippen molar-refractivity contribution in [1.82, 2.24) is 4.57 Å². The van der Waals surface area contributed by atoms with Crippen LogP contribution in [0.15, 0.2) is 194 Å². The molecule has 0 N–H and O–H groups in total. The van der Waals surface area contributed by atoms with Gasteiger partial charge in [-0.05, 0) is 110 Å². The first-order valence-electron chi connectivity index (χ1n) is 18.8. The van der Waals surface area contributed by atoms with Gasteiger partial charge in [-0.25, -0.2) is 0 Å². The fourth-order valence-corrected chi connectivity index (χ4v) is 10.3. The molecule has 0 saturated heterocycles. The van der Waals surface area contributed by atoms with Gasteiger partial charge in [-0.2, -0.15) is 0 Å². The number of rotatable bonds is 5. The lowest BCUT2D eigenvalue weighted by atomic mass is 9.88. The maximum absolute atomic E-state index is 2.43. The molecule has 10 aromatic carbocycles. The molecule has 256 valence electrons. The third-order valence-corrected chi connectivity index (χ3v) is 12.6. The van der Waals surface area contributed by atoms with Crippen LogP contribution < -0.4 is 4.90 Å². The Balaban J connectivity index is 1.03. The minimum Gasteiger partial charge on any atom is -0.310 e. The van der Waals surface area contributed by atoms with E-state index in [1.54, 1.807) is 0 Å². The molecule has 0 aliphatic carbocycles. The van der Waals surface area contributed by atoms with E-state index in [4.69, 9.17) is 0 Å². The molecule has 12 rings (SSSR count). The van der Waals surface area contributed by atoms with Gasteiger partial charge < -0.3 is 9.47 Å². The lowest BCUT2D eigenvalue weighted by molar-refractivity contribution is 1.18. The summed E-state index contributed by atoms with van der Waals surface area (Å²) in [5, 5.41) is 13.0. The lowest BCUT2D eigenvalue weighted by Gasteiger charge is -2.25. The Morgan fingerprint density at radius 2 is 0.964 bits per heavy atom. The maximum Gasteiger partial charge on any atom is 0.0553 e. The lowest BCUT2D eigenvalue weighted by Crippen LogP contribution is -2.09. The molecule has 12 aromatic rings. The topological polar surface area (TPSA) is 8.17 Å². The van der Waals surface area contributed by atoms with Crippen LogP contribution in [0.1, 0.15) is 0 Å². The molecule has 0 fully saturated rings. The van der Waals surface area contributed by atoms with Crippen molar-refractivity contribution in [3.63, 3.8) is 0 Å². The molecule has 2 nitrogen and oxygen atoms in total. The van der Waals surface area contributed by atoms with E-state index in [0.29, 0.717) is 0 Å². The highest BCUT2D eigenvalue weighted by Crippen LogP contribution is 2.46. The molecular weight excluding hydrogens is 685 g/mol. The smallest absolute Gasteiger partial charge is 0.0553 e. The SMILES string of the molecule is c1ccc(N(c2ccccc2)c2ccc3c(c2)sc2cc(-c4ccc5ccc6cc7c(c8ccc4c5c68)c4ccccc4n7-c4ccccc4)ccc23)cc1. The van der Waals surface area contributed by atoms with Crippen molar-refractivity contribution in [3.8, 4) is 16.8 Å². The first kappa shape index (κ1) is 30.5. The van der Waals surface area contributed by atoms with Gasteiger partial charge in [-0.15, -0.1) is 11.3 Å². The molecule has 2 heterocycles. The van der Waals surface area contributed by atoms with Crippen molar-refractivity contribution < 1.29 is 0 Å². The summed E-state index contributed by atoms with van der Waals surface area (Å²) in [5.41, 5.74) is 9.63. The van der Waals surface area contributed by atoms with Gasteiger partial charge in [0.1, 0.15) is 0 Å². The summed E-state index contributed by atoms with van der Waals surface area (Å²) in [5.74, 6) is 0. The molecule has 0 radical (unpaired) electrons. The van der Waals surface area contributed by atoms with Gasteiger partial charge in [0.25, 0.3) is 0 Å². The van der Waals surface area contributed by atoms with Crippen LogP contribution in [0.3, 0.4) is 0 Å². The molecule has 0 amide bonds. The zero-order valence-electron chi connectivity index (χ0n) is 29.8. The highest BCUT2D eigenvalue weighted by molar-refractivity contribution is 7.25. The maximum atomic E-state index is 2.43. The number of nitrogens with zero attached hydrogens (tertiary/aromatic N) is 2. The van der Waals surface area contributed by atoms with E-state index < -0.39 is 0 Å². The van der Waals surface area contributed by atoms with Crippen LogP contribution in [-0.2, 0) is 0 Å². The van der Waals surface area contributed by atoms with Crippen LogP contribution in [0.25, 0.3) is 91.1 Å². The molecule has 0 unspecified atom stereocenters. The molecule has 3 heteroatoms. The Bertz CT molecular complexity index is 3380. The zero-order chi connectivity index (χ0) is 36.0. The Kier molecular flexibility index (Phi) is 6.54. The van der Waals surface area contributed by atoms with E-state index in [1.807, 2.05) is 11.3 Å². The van der Waals surface area contributed by atoms with Crippen molar-refractivity contribution in [3.05, 3.63) is 194 Å². The standard InChI is InChI=1S/C52H32N2S/c1-4-12-36(13-5-1)53(37-14-6-2-7-15-37)39-24-27-42-41-26-23-34(31-48(41)55-49(42)32-39)40-25-22-33-20-21-35-30-47-52(45-29-28-43(40)50(33)51(35)45)44-18-10-11-19-46(44)54(47)38-16-8-3-9-17-38/h1-32H. The third kappa shape index (κ3) is 4.54. The van der Waals surface area contributed by atoms with E-state index in [1.165, 1.54) is 91.1 Å². The van der Waals surface area contributed by atoms with E-state index in [9.17, 15) is 0 Å². The second-order valence-corrected chi connectivity index (χ2v) is 15.6. The average Bonchev–Trinajstić information content (AvgIpc) is 3.78. The quantitative estimate of drug-likeness (QED) is 0.161. The summed E-state index contributed by atoms with van der Waals surface area (Å²) < 4.78 is 5.02. The number of hydrogen-bond acceptors (Lipinski definition) is 2. The van der Waals surface area contributed by atoms with Crippen LogP contribution in [0.4, 0.5) is 17.1 Å². The highest BCUT2D eigenvalue weighted by Gasteiger charge is 2.20. The number of benzene rings is 10. The number of hydrogen-bond donors (Lipinski definition) is 0. The molecule has 0 spiro atoms. The molecule has 55 heavy (non-hydrogen) atoms. The fourth-order valence-electron chi connectivity index (χ4n) is 9.11. The number of fused-ring (bicyclic) bond motifs is 7. The van der Waals surface area contributed by atoms with Gasteiger partial charge >= 0.3 is 0 Å². The zero-order valence-corrected chi connectivity index (χ0v) is 30.6. The highest BCUT2D eigenvalue weighted by atomic mass is 32.1. The summed E-state index contributed by atoms with van der Waals surface area (Å²) >= 11 is 1.88. The summed E-state index contributed by atoms with van der Waals surface area (Å²) in [6, 6.07) is 71.3. The van der Waals surface area contributed by atoms with Crippen LogP contribution in [-0.4, -0.2) is 4.57 Å². The number of anilines is 3. The Labute approximate surface area is 321 Å². The van der Waals surface area contributed by atoms with Gasteiger partial charge in [-0.1, -0.05) is 127 Å². The minimum absolute atomic E-state index is 1.15. The van der Waals surface area contributed by atoms with Gasteiger partial charge in [0.2, 0.25) is 0 Å². The third-order valence-electron chi connectivity index (χ3n) is 11.5. The molecule has 0 bridgehead atoms. The van der Waals surface area contributed by atoms with E-state index >= 15 is 0 Å². The van der Waals surface area contributed by atoms with Crippen molar-refractivity contribution in [2.75, 3.05) is 4.90 Å². The predicted octanol–water partition coefficient (Wildman–Crippen LogP) is 15.2. The molecular formula is C52H32N2S. The number of aromatic nitrogens is 1.